The Labute approximate surface area is 94.7 Å². The zero-order valence-corrected chi connectivity index (χ0v) is 9.49. The van der Waals surface area contributed by atoms with Crippen LogP contribution in [0.1, 0.15) is 11.1 Å². The Kier molecular flexibility index (Phi) is 1.93. The van der Waals surface area contributed by atoms with Gasteiger partial charge in [-0.15, -0.1) is 0 Å². The maximum atomic E-state index is 4.68. The molecule has 0 unspecified atom stereocenters. The first-order valence-corrected chi connectivity index (χ1v) is 5.51. The summed E-state index contributed by atoms with van der Waals surface area (Å²) < 4.78 is 0. The summed E-state index contributed by atoms with van der Waals surface area (Å²) in [6.45, 7) is 4.27. The summed E-state index contributed by atoms with van der Waals surface area (Å²) in [6, 6.07) is 14.8. The lowest BCUT2D eigenvalue weighted by molar-refractivity contribution is 1.35. The molecule has 0 spiro atoms. The van der Waals surface area contributed by atoms with E-state index in [9.17, 15) is 0 Å². The molecule has 1 nitrogen and oxygen atoms in total. The van der Waals surface area contributed by atoms with Crippen LogP contribution in [0.25, 0.3) is 21.8 Å². The highest BCUT2D eigenvalue weighted by Crippen LogP contribution is 2.22. The summed E-state index contributed by atoms with van der Waals surface area (Å²) in [7, 11) is 0. The third-order valence-corrected chi connectivity index (χ3v) is 3.13. The van der Waals surface area contributed by atoms with E-state index < -0.39 is 0 Å². The van der Waals surface area contributed by atoms with Crippen LogP contribution in [0.3, 0.4) is 0 Å². The lowest BCUT2D eigenvalue weighted by Crippen LogP contribution is -1.86. The number of fused-ring (bicyclic) bond motifs is 2. The molecule has 78 valence electrons. The molecule has 0 aliphatic heterocycles. The number of hydrogen-bond donors (Lipinski definition) is 0. The van der Waals surface area contributed by atoms with Crippen LogP contribution in [-0.2, 0) is 0 Å². The third-order valence-electron chi connectivity index (χ3n) is 3.13. The minimum atomic E-state index is 1.07. The molecule has 0 bridgehead atoms. The van der Waals surface area contributed by atoms with Crippen LogP contribution in [0.2, 0.25) is 0 Å². The van der Waals surface area contributed by atoms with Gasteiger partial charge in [-0.2, -0.15) is 0 Å². The molecular weight excluding hydrogens is 194 g/mol. The van der Waals surface area contributed by atoms with Gasteiger partial charge in [0.15, 0.2) is 0 Å². The summed E-state index contributed by atoms with van der Waals surface area (Å²) in [5.41, 5.74) is 4.78. The molecule has 0 saturated carbocycles. The Morgan fingerprint density at radius 2 is 1.50 bits per heavy atom. The van der Waals surface area contributed by atoms with E-state index in [2.05, 4.69) is 55.2 Å². The van der Waals surface area contributed by atoms with Crippen LogP contribution in [0, 0.1) is 13.8 Å². The second-order valence-electron chi connectivity index (χ2n) is 4.31. The van der Waals surface area contributed by atoms with Crippen molar-refractivity contribution in [3.05, 3.63) is 53.6 Å². The molecule has 0 aliphatic carbocycles. The highest BCUT2D eigenvalue weighted by molar-refractivity contribution is 5.93. The van der Waals surface area contributed by atoms with Crippen LogP contribution in [-0.4, -0.2) is 4.98 Å². The lowest BCUT2D eigenvalue weighted by Gasteiger charge is -2.05. The average Bonchev–Trinajstić information content (AvgIpc) is 2.28. The van der Waals surface area contributed by atoms with Gasteiger partial charge < -0.3 is 0 Å². The number of nitrogens with zero attached hydrogens (tertiary/aromatic N) is 1. The molecule has 1 heterocycles. The highest BCUT2D eigenvalue weighted by Gasteiger charge is 2.01. The zero-order chi connectivity index (χ0) is 11.1. The van der Waals surface area contributed by atoms with Gasteiger partial charge in [0.25, 0.3) is 0 Å². The molecule has 0 amide bonds. The van der Waals surface area contributed by atoms with E-state index in [0.29, 0.717) is 0 Å². The van der Waals surface area contributed by atoms with E-state index in [1.165, 1.54) is 21.9 Å². The maximum absolute atomic E-state index is 4.68. The second-order valence-corrected chi connectivity index (χ2v) is 4.31. The molecular formula is C15H13N. The van der Waals surface area contributed by atoms with Crippen molar-refractivity contribution >= 4 is 21.8 Å². The largest absolute Gasteiger partial charge is 0.248 e. The smallest absolute Gasteiger partial charge is 0.0712 e. The molecule has 1 aromatic heterocycles. The van der Waals surface area contributed by atoms with Crippen LogP contribution in [0.15, 0.2) is 42.5 Å². The van der Waals surface area contributed by atoms with Gasteiger partial charge >= 0.3 is 0 Å². The number of rotatable bonds is 0. The number of aryl methyl sites for hydroxylation is 2. The predicted octanol–water partition coefficient (Wildman–Crippen LogP) is 4.00. The first-order valence-electron chi connectivity index (χ1n) is 5.51. The third kappa shape index (κ3) is 1.36. The standard InChI is InChI=1S/C15H13N/c1-10-7-13-9-12-5-3-4-6-14(12)16-15(13)8-11(10)2/h3-9H,1-2H3. The molecule has 0 atom stereocenters. The van der Waals surface area contributed by atoms with Crippen LogP contribution >= 0.6 is 0 Å². The van der Waals surface area contributed by atoms with Crippen LogP contribution in [0.5, 0.6) is 0 Å². The SMILES string of the molecule is Cc1cc2cc3ccccc3nc2cc1C. The van der Waals surface area contributed by atoms with Crippen molar-refractivity contribution in [1.82, 2.24) is 4.98 Å². The molecule has 1 heteroatoms. The van der Waals surface area contributed by atoms with Gasteiger partial charge in [0.2, 0.25) is 0 Å². The fraction of sp³-hybridized carbons (Fsp3) is 0.133. The zero-order valence-electron chi connectivity index (χ0n) is 9.49. The van der Waals surface area contributed by atoms with E-state index in [0.717, 1.165) is 11.0 Å². The Balaban J connectivity index is 2.46. The monoisotopic (exact) mass is 207 g/mol. The number of para-hydroxylation sites is 1. The van der Waals surface area contributed by atoms with Crippen molar-refractivity contribution in [1.29, 1.82) is 0 Å². The first kappa shape index (κ1) is 9.34. The number of aromatic nitrogens is 1. The topological polar surface area (TPSA) is 12.9 Å². The summed E-state index contributed by atoms with van der Waals surface area (Å²) >= 11 is 0. The summed E-state index contributed by atoms with van der Waals surface area (Å²) in [5.74, 6) is 0. The van der Waals surface area contributed by atoms with E-state index in [4.69, 9.17) is 0 Å². The molecule has 2 aromatic carbocycles. The molecule has 16 heavy (non-hydrogen) atoms. The van der Waals surface area contributed by atoms with E-state index in [1.54, 1.807) is 0 Å². The molecule has 3 rings (SSSR count). The average molecular weight is 207 g/mol. The maximum Gasteiger partial charge on any atom is 0.0712 e. The molecule has 3 aromatic rings. The van der Waals surface area contributed by atoms with Gasteiger partial charge in [0.05, 0.1) is 11.0 Å². The number of benzene rings is 2. The van der Waals surface area contributed by atoms with E-state index >= 15 is 0 Å². The van der Waals surface area contributed by atoms with Crippen LogP contribution in [0.4, 0.5) is 0 Å². The van der Waals surface area contributed by atoms with Crippen molar-refractivity contribution in [3.8, 4) is 0 Å². The molecule has 0 aliphatic rings. The van der Waals surface area contributed by atoms with E-state index in [-0.39, 0.29) is 0 Å². The lowest BCUT2D eigenvalue weighted by atomic mass is 10.0. The molecule has 0 N–H and O–H groups in total. The Hall–Kier alpha value is -1.89. The summed E-state index contributed by atoms with van der Waals surface area (Å²) in [4.78, 5) is 4.68. The Bertz CT molecular complexity index is 623. The Morgan fingerprint density at radius 1 is 0.750 bits per heavy atom. The first-order chi connectivity index (χ1) is 7.74. The molecule has 0 fully saturated rings. The van der Waals surface area contributed by atoms with Gasteiger partial charge in [-0.3, -0.25) is 0 Å². The van der Waals surface area contributed by atoms with Gasteiger partial charge in [-0.1, -0.05) is 18.2 Å². The van der Waals surface area contributed by atoms with Crippen molar-refractivity contribution in [2.45, 2.75) is 13.8 Å². The van der Waals surface area contributed by atoms with E-state index in [1.807, 2.05) is 6.07 Å². The fourth-order valence-electron chi connectivity index (χ4n) is 2.04. The summed E-state index contributed by atoms with van der Waals surface area (Å²) in [6.07, 6.45) is 0. The highest BCUT2D eigenvalue weighted by atomic mass is 14.7. The van der Waals surface area contributed by atoms with Crippen molar-refractivity contribution < 1.29 is 0 Å². The Morgan fingerprint density at radius 3 is 2.38 bits per heavy atom. The van der Waals surface area contributed by atoms with Crippen molar-refractivity contribution in [2.75, 3.05) is 0 Å². The molecule has 0 radical (unpaired) electrons. The molecule has 0 saturated heterocycles. The second kappa shape index (κ2) is 3.31. The van der Waals surface area contributed by atoms with Gasteiger partial charge in [-0.05, 0) is 49.2 Å². The van der Waals surface area contributed by atoms with Gasteiger partial charge in [0, 0.05) is 10.8 Å². The van der Waals surface area contributed by atoms with Crippen molar-refractivity contribution in [3.63, 3.8) is 0 Å². The van der Waals surface area contributed by atoms with Gasteiger partial charge in [-0.25, -0.2) is 4.98 Å². The normalized spacial score (nSPS) is 11.1. The summed E-state index contributed by atoms with van der Waals surface area (Å²) in [5, 5.41) is 2.43. The number of pyridine rings is 1. The number of hydrogen-bond acceptors (Lipinski definition) is 1. The minimum absolute atomic E-state index is 1.07. The quantitative estimate of drug-likeness (QED) is 0.508. The van der Waals surface area contributed by atoms with Gasteiger partial charge in [0.1, 0.15) is 0 Å². The van der Waals surface area contributed by atoms with Crippen molar-refractivity contribution in [2.24, 2.45) is 0 Å². The van der Waals surface area contributed by atoms with Crippen LogP contribution < -0.4 is 0 Å². The predicted molar refractivity (Wildman–Crippen MR) is 68.7 cm³/mol. The fourth-order valence-corrected chi connectivity index (χ4v) is 2.04. The minimum Gasteiger partial charge on any atom is -0.248 e.